The van der Waals surface area contributed by atoms with Crippen LogP contribution in [0.15, 0.2) is 16.5 Å². The highest BCUT2D eigenvalue weighted by Gasteiger charge is 2.12. The molecule has 2 aromatic heterocycles. The van der Waals surface area contributed by atoms with Crippen molar-refractivity contribution in [2.75, 3.05) is 20.6 Å². The Balaban J connectivity index is 2.42. The number of fused-ring (bicyclic) bond motifs is 1. The van der Waals surface area contributed by atoms with Gasteiger partial charge in [-0.1, -0.05) is 11.6 Å². The lowest BCUT2D eigenvalue weighted by Gasteiger charge is -2.08. The first-order chi connectivity index (χ1) is 7.58. The van der Waals surface area contributed by atoms with Gasteiger partial charge in [0.05, 0.1) is 0 Å². The number of furan rings is 1. The van der Waals surface area contributed by atoms with Crippen molar-refractivity contribution in [3.8, 4) is 0 Å². The van der Waals surface area contributed by atoms with Gasteiger partial charge < -0.3 is 9.32 Å². The number of aromatic nitrogens is 1. The molecule has 3 nitrogen and oxygen atoms in total. The molecule has 4 heteroatoms. The van der Waals surface area contributed by atoms with Crippen molar-refractivity contribution in [1.29, 1.82) is 0 Å². The molecule has 0 spiro atoms. The van der Waals surface area contributed by atoms with Crippen LogP contribution in [-0.2, 0) is 6.42 Å². The molecule has 0 fully saturated rings. The van der Waals surface area contributed by atoms with Gasteiger partial charge in [-0.3, -0.25) is 0 Å². The molecule has 0 aromatic carbocycles. The summed E-state index contributed by atoms with van der Waals surface area (Å²) in [4.78, 5) is 6.47. The van der Waals surface area contributed by atoms with Crippen molar-refractivity contribution in [3.05, 3.63) is 28.6 Å². The molecule has 0 aliphatic heterocycles. The van der Waals surface area contributed by atoms with Crippen LogP contribution in [0.5, 0.6) is 0 Å². The van der Waals surface area contributed by atoms with Crippen molar-refractivity contribution < 1.29 is 4.42 Å². The first-order valence-corrected chi connectivity index (χ1v) is 5.65. The topological polar surface area (TPSA) is 29.3 Å². The summed E-state index contributed by atoms with van der Waals surface area (Å²) in [6, 6.07) is 3.62. The number of halogens is 1. The van der Waals surface area contributed by atoms with Crippen LogP contribution in [0, 0.1) is 6.92 Å². The Morgan fingerprint density at radius 3 is 2.81 bits per heavy atom. The number of pyridine rings is 1. The predicted molar refractivity (Wildman–Crippen MR) is 66.0 cm³/mol. The molecular weight excluding hydrogens is 224 g/mol. The first-order valence-electron chi connectivity index (χ1n) is 5.27. The van der Waals surface area contributed by atoms with Crippen LogP contribution in [-0.4, -0.2) is 30.5 Å². The maximum Gasteiger partial charge on any atom is 0.153 e. The summed E-state index contributed by atoms with van der Waals surface area (Å²) in [5.41, 5.74) is 2.87. The summed E-state index contributed by atoms with van der Waals surface area (Å²) in [6.07, 6.45) is 0.930. The Labute approximate surface area is 100 Å². The smallest absolute Gasteiger partial charge is 0.153 e. The molecule has 0 saturated heterocycles. The highest BCUT2D eigenvalue weighted by atomic mass is 35.5. The fourth-order valence-electron chi connectivity index (χ4n) is 1.74. The fourth-order valence-corrected chi connectivity index (χ4v) is 1.89. The molecule has 86 valence electrons. The minimum Gasteiger partial charge on any atom is -0.459 e. The zero-order valence-corrected chi connectivity index (χ0v) is 10.5. The summed E-state index contributed by atoms with van der Waals surface area (Å²) in [7, 11) is 4.11. The quantitative estimate of drug-likeness (QED) is 0.770. The molecule has 2 rings (SSSR count). The standard InChI is InChI=1S/C12H15ClN2O/c1-8-9(6-7-15(2)3)12-10(16-8)4-5-11(13)14-12/h4-5H,6-7H2,1-3H3. The van der Waals surface area contributed by atoms with Gasteiger partial charge in [-0.05, 0) is 39.6 Å². The van der Waals surface area contributed by atoms with Gasteiger partial charge in [0.1, 0.15) is 16.4 Å². The van der Waals surface area contributed by atoms with E-state index in [2.05, 4.69) is 24.0 Å². The largest absolute Gasteiger partial charge is 0.459 e. The molecule has 2 heterocycles. The van der Waals surface area contributed by atoms with Gasteiger partial charge in [-0.25, -0.2) is 4.98 Å². The summed E-state index contributed by atoms with van der Waals surface area (Å²) in [5, 5.41) is 0.513. The maximum absolute atomic E-state index is 5.90. The lowest BCUT2D eigenvalue weighted by atomic mass is 10.1. The van der Waals surface area contributed by atoms with E-state index in [0.717, 1.165) is 35.4 Å². The van der Waals surface area contributed by atoms with E-state index in [1.54, 1.807) is 6.07 Å². The third kappa shape index (κ3) is 2.20. The number of hydrogen-bond donors (Lipinski definition) is 0. The van der Waals surface area contributed by atoms with Crippen LogP contribution >= 0.6 is 11.6 Å². The predicted octanol–water partition coefficient (Wildman–Crippen LogP) is 2.89. The molecular formula is C12H15ClN2O. The van der Waals surface area contributed by atoms with E-state index in [0.29, 0.717) is 5.15 Å². The van der Waals surface area contributed by atoms with Crippen molar-refractivity contribution in [3.63, 3.8) is 0 Å². The highest BCUT2D eigenvalue weighted by Crippen LogP contribution is 2.25. The van der Waals surface area contributed by atoms with Crippen LogP contribution < -0.4 is 0 Å². The lowest BCUT2D eigenvalue weighted by molar-refractivity contribution is 0.412. The second-order valence-corrected chi connectivity index (χ2v) is 4.56. The summed E-state index contributed by atoms with van der Waals surface area (Å²) in [6.45, 7) is 2.95. The first kappa shape index (κ1) is 11.4. The second-order valence-electron chi connectivity index (χ2n) is 4.17. The summed E-state index contributed by atoms with van der Waals surface area (Å²) in [5.74, 6) is 0.937. The fraction of sp³-hybridized carbons (Fsp3) is 0.417. The Hall–Kier alpha value is -1.06. The van der Waals surface area contributed by atoms with E-state index < -0.39 is 0 Å². The average Bonchev–Trinajstić information content (AvgIpc) is 2.51. The Kier molecular flexibility index (Phi) is 3.17. The molecule has 0 unspecified atom stereocenters. The number of likely N-dealkylation sites (N-methyl/N-ethyl adjacent to an activating group) is 1. The van der Waals surface area contributed by atoms with Crippen LogP contribution in [0.3, 0.4) is 0 Å². The molecule has 0 atom stereocenters. The molecule has 0 radical (unpaired) electrons. The number of hydrogen-bond acceptors (Lipinski definition) is 3. The summed E-state index contributed by atoms with van der Waals surface area (Å²) < 4.78 is 5.65. The highest BCUT2D eigenvalue weighted by molar-refractivity contribution is 6.29. The average molecular weight is 239 g/mol. The van der Waals surface area contributed by atoms with E-state index in [9.17, 15) is 0 Å². The third-order valence-electron chi connectivity index (χ3n) is 2.61. The molecule has 0 bridgehead atoms. The van der Waals surface area contributed by atoms with Crippen molar-refractivity contribution in [2.24, 2.45) is 0 Å². The number of rotatable bonds is 3. The van der Waals surface area contributed by atoms with Crippen LogP contribution in [0.4, 0.5) is 0 Å². The number of aryl methyl sites for hydroxylation is 1. The molecule has 0 saturated carbocycles. The Morgan fingerprint density at radius 1 is 1.38 bits per heavy atom. The SMILES string of the molecule is Cc1oc2ccc(Cl)nc2c1CCN(C)C. The molecule has 2 aromatic rings. The Morgan fingerprint density at radius 2 is 2.12 bits per heavy atom. The second kappa shape index (κ2) is 4.44. The maximum atomic E-state index is 5.90. The minimum absolute atomic E-state index is 0.513. The van der Waals surface area contributed by atoms with Gasteiger partial charge in [0.2, 0.25) is 0 Å². The zero-order chi connectivity index (χ0) is 11.7. The normalized spacial score (nSPS) is 11.6. The van der Waals surface area contributed by atoms with Crippen molar-refractivity contribution >= 4 is 22.7 Å². The minimum atomic E-state index is 0.513. The van der Waals surface area contributed by atoms with Crippen molar-refractivity contribution in [1.82, 2.24) is 9.88 Å². The molecule has 0 aliphatic carbocycles. The number of nitrogens with zero attached hydrogens (tertiary/aromatic N) is 2. The monoisotopic (exact) mass is 238 g/mol. The van der Waals surface area contributed by atoms with Crippen LogP contribution in [0.1, 0.15) is 11.3 Å². The third-order valence-corrected chi connectivity index (χ3v) is 2.82. The van der Waals surface area contributed by atoms with Gasteiger partial charge in [-0.2, -0.15) is 0 Å². The van der Waals surface area contributed by atoms with Crippen LogP contribution in [0.25, 0.3) is 11.1 Å². The van der Waals surface area contributed by atoms with Gasteiger partial charge in [0.15, 0.2) is 5.58 Å². The molecule has 0 aliphatic rings. The van der Waals surface area contributed by atoms with Gasteiger partial charge in [-0.15, -0.1) is 0 Å². The van der Waals surface area contributed by atoms with Crippen molar-refractivity contribution in [2.45, 2.75) is 13.3 Å². The van der Waals surface area contributed by atoms with E-state index in [1.807, 2.05) is 13.0 Å². The van der Waals surface area contributed by atoms with E-state index in [1.165, 1.54) is 0 Å². The van der Waals surface area contributed by atoms with E-state index in [-0.39, 0.29) is 0 Å². The lowest BCUT2D eigenvalue weighted by Crippen LogP contribution is -2.15. The molecule has 16 heavy (non-hydrogen) atoms. The zero-order valence-electron chi connectivity index (χ0n) is 9.75. The van der Waals surface area contributed by atoms with Gasteiger partial charge in [0.25, 0.3) is 0 Å². The molecule has 0 N–H and O–H groups in total. The van der Waals surface area contributed by atoms with E-state index in [4.69, 9.17) is 16.0 Å². The van der Waals surface area contributed by atoms with Crippen LogP contribution in [0.2, 0.25) is 5.15 Å². The Bertz CT molecular complexity index is 505. The van der Waals surface area contributed by atoms with E-state index >= 15 is 0 Å². The van der Waals surface area contributed by atoms with Gasteiger partial charge in [0, 0.05) is 12.1 Å². The van der Waals surface area contributed by atoms with Gasteiger partial charge >= 0.3 is 0 Å². The summed E-state index contributed by atoms with van der Waals surface area (Å²) >= 11 is 5.90. The molecule has 0 amide bonds.